The minimum atomic E-state index is -0.555. The molecule has 4 aliphatic carbocycles. The SMILES string of the molecule is C=C(CCOC)OOCCCOC(=C)[C@H]1CC[C@@]2(C)C(=CCC3C4CCC(C(C)CCCC(C)C)[C@@]4(C)CCC32)C1.C=CCOOCCCCCCOc1ccc(COO[C@@H]2COC3C(OC(=O)c4ccc(OCCCCCCOC(=O)C=C)cc4)COC32)cc1. The van der Waals surface area contributed by atoms with E-state index in [4.69, 9.17) is 67.2 Å². The lowest BCUT2D eigenvalue weighted by atomic mass is 9.46. The number of carbonyl (C=O) groups is 2. The summed E-state index contributed by atoms with van der Waals surface area (Å²) in [4.78, 5) is 55.4. The van der Waals surface area contributed by atoms with Crippen LogP contribution < -0.4 is 9.47 Å². The summed E-state index contributed by atoms with van der Waals surface area (Å²) in [6.07, 6.45) is 27.6. The molecule has 5 fully saturated rings. The smallest absolute Gasteiger partial charge is 0.338 e. The van der Waals surface area contributed by atoms with E-state index in [-0.39, 0.29) is 19.8 Å². The van der Waals surface area contributed by atoms with Gasteiger partial charge in [0, 0.05) is 31.9 Å². The Bertz CT molecular complexity index is 2530. The zero-order valence-corrected chi connectivity index (χ0v) is 56.2. The largest absolute Gasteiger partial charge is 0.498 e. The molecule has 508 valence electrons. The van der Waals surface area contributed by atoms with Crippen molar-refractivity contribution in [1.29, 1.82) is 0 Å². The average molecular weight is 1270 g/mol. The second-order valence-corrected chi connectivity index (χ2v) is 27.0. The van der Waals surface area contributed by atoms with Crippen LogP contribution in [-0.4, -0.2) is 110 Å². The van der Waals surface area contributed by atoms with Gasteiger partial charge in [-0.3, -0.25) is 0 Å². The highest BCUT2D eigenvalue weighted by molar-refractivity contribution is 5.89. The lowest BCUT2D eigenvalue weighted by Crippen LogP contribution is -2.50. The quantitative estimate of drug-likeness (QED) is 0.0117. The van der Waals surface area contributed by atoms with Crippen LogP contribution in [-0.2, 0) is 69.1 Å². The van der Waals surface area contributed by atoms with Crippen LogP contribution in [0, 0.1) is 52.3 Å². The van der Waals surface area contributed by atoms with Gasteiger partial charge in [-0.05, 0) is 185 Å². The fraction of sp³-hybridized carbons (Fsp3) is 0.680. The van der Waals surface area contributed by atoms with Gasteiger partial charge in [0.2, 0.25) is 0 Å². The monoisotopic (exact) mass is 1270 g/mol. The van der Waals surface area contributed by atoms with E-state index in [1.54, 1.807) is 43.0 Å². The van der Waals surface area contributed by atoms with Gasteiger partial charge in [0.1, 0.15) is 48.8 Å². The number of esters is 2. The van der Waals surface area contributed by atoms with Gasteiger partial charge in [0.25, 0.3) is 0 Å². The molecule has 0 spiro atoms. The molecule has 2 aliphatic heterocycles. The van der Waals surface area contributed by atoms with Gasteiger partial charge in [-0.2, -0.15) is 4.89 Å². The number of benzene rings is 2. The zero-order valence-electron chi connectivity index (χ0n) is 56.2. The van der Waals surface area contributed by atoms with Crippen molar-refractivity contribution < 1.29 is 76.8 Å². The molecule has 0 N–H and O–H groups in total. The Morgan fingerprint density at radius 3 is 2.02 bits per heavy atom. The lowest BCUT2D eigenvalue weighted by Gasteiger charge is -2.58. The highest BCUT2D eigenvalue weighted by Gasteiger charge is 2.59. The fourth-order valence-electron chi connectivity index (χ4n) is 15.1. The third-order valence-electron chi connectivity index (χ3n) is 20.2. The molecule has 91 heavy (non-hydrogen) atoms. The van der Waals surface area contributed by atoms with Crippen molar-refractivity contribution in [1.82, 2.24) is 0 Å². The van der Waals surface area contributed by atoms with Crippen LogP contribution in [0.2, 0.25) is 0 Å². The van der Waals surface area contributed by atoms with Crippen molar-refractivity contribution in [2.75, 3.05) is 73.2 Å². The van der Waals surface area contributed by atoms with Crippen LogP contribution in [0.15, 0.2) is 110 Å². The van der Waals surface area contributed by atoms with Crippen LogP contribution in [0.5, 0.6) is 11.5 Å². The summed E-state index contributed by atoms with van der Waals surface area (Å²) < 4.78 is 45.2. The first-order chi connectivity index (χ1) is 44.2. The maximum absolute atomic E-state index is 12.8. The van der Waals surface area contributed by atoms with Crippen LogP contribution in [0.1, 0.15) is 185 Å². The number of allylic oxidation sites excluding steroid dienone is 3. The number of rotatable bonds is 42. The summed E-state index contributed by atoms with van der Waals surface area (Å²) in [5.41, 5.74) is 3.99. The van der Waals surface area contributed by atoms with Gasteiger partial charge < -0.3 is 42.8 Å². The second-order valence-electron chi connectivity index (χ2n) is 27.0. The number of carbonyl (C=O) groups excluding carboxylic acids is 2. The maximum atomic E-state index is 12.8. The molecule has 8 unspecified atom stereocenters. The Kier molecular flexibility index (Phi) is 31.4. The summed E-state index contributed by atoms with van der Waals surface area (Å²) in [5.74, 6) is 7.93. The normalized spacial score (nSPS) is 26.5. The van der Waals surface area contributed by atoms with Crippen molar-refractivity contribution in [2.45, 2.75) is 200 Å². The Morgan fingerprint density at radius 2 is 1.33 bits per heavy atom. The highest BCUT2D eigenvalue weighted by Crippen LogP contribution is 2.68. The summed E-state index contributed by atoms with van der Waals surface area (Å²) in [5, 5.41) is 0. The molecule has 6 aliphatic rings. The summed E-state index contributed by atoms with van der Waals surface area (Å²) in [7, 11) is 1.67. The molecule has 2 saturated heterocycles. The van der Waals surface area contributed by atoms with E-state index < -0.39 is 36.4 Å². The van der Waals surface area contributed by atoms with Gasteiger partial charge >= 0.3 is 11.9 Å². The molecule has 2 heterocycles. The van der Waals surface area contributed by atoms with E-state index in [0.29, 0.717) is 93.1 Å². The minimum absolute atomic E-state index is 0.208. The van der Waals surface area contributed by atoms with Gasteiger partial charge in [0.15, 0.2) is 6.10 Å². The fourth-order valence-corrected chi connectivity index (χ4v) is 15.1. The molecule has 3 saturated carbocycles. The van der Waals surface area contributed by atoms with Crippen LogP contribution in [0.25, 0.3) is 0 Å². The Labute approximate surface area is 545 Å². The lowest BCUT2D eigenvalue weighted by molar-refractivity contribution is -0.341. The van der Waals surface area contributed by atoms with Gasteiger partial charge in [-0.25, -0.2) is 29.1 Å². The van der Waals surface area contributed by atoms with Gasteiger partial charge in [-0.1, -0.05) is 110 Å². The van der Waals surface area contributed by atoms with E-state index in [1.165, 1.54) is 64.2 Å². The zero-order chi connectivity index (χ0) is 64.9. The molecule has 0 amide bonds. The van der Waals surface area contributed by atoms with E-state index in [1.807, 2.05) is 24.3 Å². The molecule has 8 rings (SSSR count). The molecule has 16 nitrogen and oxygen atoms in total. The third kappa shape index (κ3) is 22.6. The topological polar surface area (TPSA) is 163 Å². The number of unbranched alkanes of at least 4 members (excludes halogenated alkanes) is 6. The number of hydrogen-bond donors (Lipinski definition) is 0. The molecule has 12 atom stereocenters. The number of fused-ring (bicyclic) bond motifs is 6. The summed E-state index contributed by atoms with van der Waals surface area (Å²) in [6.45, 7) is 32.8. The Hall–Kier alpha value is -5.04. The first-order valence-corrected chi connectivity index (χ1v) is 34.5. The van der Waals surface area contributed by atoms with Crippen molar-refractivity contribution in [3.63, 3.8) is 0 Å². The average Bonchev–Trinajstić information content (AvgIpc) is 1.72. The van der Waals surface area contributed by atoms with Crippen molar-refractivity contribution in [3.8, 4) is 11.5 Å². The highest BCUT2D eigenvalue weighted by atomic mass is 17.2. The van der Waals surface area contributed by atoms with Crippen LogP contribution >= 0.6 is 0 Å². The summed E-state index contributed by atoms with van der Waals surface area (Å²) in [6, 6.07) is 14.5. The summed E-state index contributed by atoms with van der Waals surface area (Å²) >= 11 is 0. The third-order valence-corrected chi connectivity index (χ3v) is 20.2. The molecular formula is C75H112O16. The van der Waals surface area contributed by atoms with E-state index in [2.05, 4.69) is 67.0 Å². The first-order valence-electron chi connectivity index (χ1n) is 34.5. The second kappa shape index (κ2) is 39.0. The van der Waals surface area contributed by atoms with Crippen molar-refractivity contribution >= 4 is 11.9 Å². The van der Waals surface area contributed by atoms with E-state index in [9.17, 15) is 9.59 Å². The number of methoxy groups -OCH3 is 1. The van der Waals surface area contributed by atoms with Crippen molar-refractivity contribution in [3.05, 3.63) is 121 Å². The number of hydrogen-bond acceptors (Lipinski definition) is 16. The predicted octanol–water partition coefficient (Wildman–Crippen LogP) is 16.3. The molecule has 0 aromatic heterocycles. The molecule has 2 aromatic carbocycles. The van der Waals surface area contributed by atoms with Gasteiger partial charge in [-0.15, -0.1) is 6.58 Å². The Balaban J connectivity index is 0.000000263. The van der Waals surface area contributed by atoms with Crippen LogP contribution in [0.3, 0.4) is 0 Å². The first kappa shape index (κ1) is 73.4. The molecule has 0 bridgehead atoms. The number of ether oxygens (including phenoxy) is 8. The van der Waals surface area contributed by atoms with E-state index >= 15 is 0 Å². The van der Waals surface area contributed by atoms with Crippen molar-refractivity contribution in [2.24, 2.45) is 52.3 Å². The van der Waals surface area contributed by atoms with Gasteiger partial charge in [0.05, 0.1) is 70.8 Å². The standard InChI is InChI=1S/C38H50O12.C37H62O4/c1-3-21-46-47-25-12-8-7-10-22-41-31-17-13-29(14-18-31)26-48-50-34-28-45-36-33(27-44-37(34)36)49-38(40)30-15-19-32(20-16-30)42-23-9-5-6-11-24-43-35(39)4-2;1-26(2)11-9-12-27(3)33-15-16-34-32-14-13-31-25-30(17-20-36(31,6)35(32)18-21-37(33,34)7)29(5)39-22-10-23-40-41-28(4)19-24-38-8/h3-4,13-20,33-34,36-37H,1-2,5-12,21-28H2;13,26-27,30,32-35H,4-5,9-12,14-25H2,1-3,6-8H3/t33?,34-,36?,37?;27?,30-,32?,33?,34?,35?,36-,37+/m10/s1. The Morgan fingerprint density at radius 1 is 0.670 bits per heavy atom. The predicted molar refractivity (Wildman–Crippen MR) is 351 cm³/mol. The van der Waals surface area contributed by atoms with E-state index in [0.717, 1.165) is 123 Å². The molecular weight excluding hydrogens is 1160 g/mol. The molecule has 0 radical (unpaired) electrons. The van der Waals surface area contributed by atoms with Crippen LogP contribution in [0.4, 0.5) is 0 Å². The molecule has 16 heteroatoms. The molecule has 2 aromatic rings. The maximum Gasteiger partial charge on any atom is 0.338 e. The minimum Gasteiger partial charge on any atom is -0.498 e.